The molecule has 29 heavy (non-hydrogen) atoms. The number of carbonyl (C=O) groups is 2. The van der Waals surface area contributed by atoms with Gasteiger partial charge in [0.25, 0.3) is 0 Å². The van der Waals surface area contributed by atoms with E-state index in [2.05, 4.69) is 10.0 Å². The van der Waals surface area contributed by atoms with Crippen LogP contribution in [0.25, 0.3) is 10.4 Å². The third-order valence-electron chi connectivity index (χ3n) is 4.78. The maximum absolute atomic E-state index is 14.6. The summed E-state index contributed by atoms with van der Waals surface area (Å²) in [5.41, 5.74) is 2.79. The molecule has 0 amide bonds. The van der Waals surface area contributed by atoms with Crippen molar-refractivity contribution in [1.29, 1.82) is 0 Å². The number of halogens is 4. The fourth-order valence-corrected chi connectivity index (χ4v) is 3.19. The van der Waals surface area contributed by atoms with E-state index in [1.165, 1.54) is 13.8 Å². The zero-order chi connectivity index (χ0) is 22.1. The van der Waals surface area contributed by atoms with Gasteiger partial charge >= 0.3 is 11.9 Å². The maximum Gasteiger partial charge on any atom is 0.326 e. The quantitative estimate of drug-likeness (QED) is 0.179. The van der Waals surface area contributed by atoms with E-state index < -0.39 is 76.8 Å². The first-order chi connectivity index (χ1) is 13.5. The number of rotatable bonds is 6. The number of benzene rings is 1. The standard InChI is InChI=1S/C16H15F4N3O6/c1-3-6-15(13(24)25,14(26)27)5-28-16(4-2,29-6)7-8(17)10(19)12(22-23-21)11(20)9(7)18/h6H,3-5H2,1-2H3,(H,24,25)(H,26,27). The molecule has 158 valence electrons. The molecule has 1 fully saturated rings. The molecule has 2 unspecified atom stereocenters. The fraction of sp³-hybridized carbons (Fsp3) is 0.500. The molecule has 1 aromatic rings. The van der Waals surface area contributed by atoms with E-state index in [9.17, 15) is 37.4 Å². The first-order valence-corrected chi connectivity index (χ1v) is 8.24. The Kier molecular flexibility index (Phi) is 6.07. The Labute approximate surface area is 160 Å². The van der Waals surface area contributed by atoms with E-state index in [4.69, 9.17) is 15.0 Å². The molecule has 0 spiro atoms. The van der Waals surface area contributed by atoms with E-state index >= 15 is 0 Å². The Morgan fingerprint density at radius 2 is 1.66 bits per heavy atom. The van der Waals surface area contributed by atoms with Crippen molar-refractivity contribution in [1.82, 2.24) is 0 Å². The summed E-state index contributed by atoms with van der Waals surface area (Å²) in [6, 6.07) is 0. The fourth-order valence-electron chi connectivity index (χ4n) is 3.19. The number of hydrogen-bond donors (Lipinski definition) is 2. The molecule has 1 saturated heterocycles. The second-order valence-electron chi connectivity index (χ2n) is 6.16. The number of azide groups is 1. The van der Waals surface area contributed by atoms with Crippen LogP contribution < -0.4 is 0 Å². The van der Waals surface area contributed by atoms with Crippen LogP contribution in [0.1, 0.15) is 32.3 Å². The first-order valence-electron chi connectivity index (χ1n) is 8.24. The summed E-state index contributed by atoms with van der Waals surface area (Å²) < 4.78 is 68.1. The van der Waals surface area contributed by atoms with E-state index in [1.807, 2.05) is 0 Å². The highest BCUT2D eigenvalue weighted by atomic mass is 19.2. The SMILES string of the molecule is CCC1OC(CC)(c2c(F)c(F)c(N=[N+]=[N-])c(F)c2F)OCC1(C(=O)O)C(=O)O. The highest BCUT2D eigenvalue weighted by molar-refractivity contribution is 5.99. The molecule has 1 aliphatic rings. The summed E-state index contributed by atoms with van der Waals surface area (Å²) in [6.45, 7) is 1.52. The summed E-state index contributed by atoms with van der Waals surface area (Å²) >= 11 is 0. The Hall–Kier alpha value is -2.89. The van der Waals surface area contributed by atoms with Gasteiger partial charge in [0.05, 0.1) is 18.3 Å². The molecule has 0 bridgehead atoms. The van der Waals surface area contributed by atoms with Crippen molar-refractivity contribution >= 4 is 17.6 Å². The number of hydrogen-bond acceptors (Lipinski definition) is 5. The lowest BCUT2D eigenvalue weighted by Crippen LogP contribution is -2.61. The molecule has 1 aliphatic heterocycles. The summed E-state index contributed by atoms with van der Waals surface area (Å²) in [5, 5.41) is 21.4. The molecule has 2 N–H and O–H groups in total. The van der Waals surface area contributed by atoms with Gasteiger partial charge in [0.1, 0.15) is 5.69 Å². The second kappa shape index (κ2) is 7.85. The van der Waals surface area contributed by atoms with E-state index in [-0.39, 0.29) is 6.42 Å². The van der Waals surface area contributed by atoms with Crippen LogP contribution in [0.2, 0.25) is 0 Å². The minimum absolute atomic E-state index is 0.241. The zero-order valence-corrected chi connectivity index (χ0v) is 15.1. The van der Waals surface area contributed by atoms with Crippen molar-refractivity contribution < 1.29 is 46.8 Å². The van der Waals surface area contributed by atoms with Crippen molar-refractivity contribution in [2.24, 2.45) is 10.5 Å². The van der Waals surface area contributed by atoms with Crippen molar-refractivity contribution in [3.05, 3.63) is 39.3 Å². The summed E-state index contributed by atoms with van der Waals surface area (Å²) in [5.74, 6) is -14.2. The average molecular weight is 421 g/mol. The molecular weight excluding hydrogens is 406 g/mol. The lowest BCUT2D eigenvalue weighted by molar-refractivity contribution is -0.338. The van der Waals surface area contributed by atoms with Crippen LogP contribution in [-0.4, -0.2) is 34.9 Å². The summed E-state index contributed by atoms with van der Waals surface area (Å²) in [6.07, 6.45) is -2.37. The average Bonchev–Trinajstić information content (AvgIpc) is 2.69. The normalized spacial score (nSPS) is 23.3. The summed E-state index contributed by atoms with van der Waals surface area (Å²) in [4.78, 5) is 25.3. The van der Waals surface area contributed by atoms with Gasteiger partial charge in [-0.05, 0) is 12.0 Å². The molecule has 0 saturated carbocycles. The largest absolute Gasteiger partial charge is 0.480 e. The highest BCUT2D eigenvalue weighted by Gasteiger charge is 2.61. The summed E-state index contributed by atoms with van der Waals surface area (Å²) in [7, 11) is 0. The van der Waals surface area contributed by atoms with Crippen LogP contribution in [0, 0.1) is 28.7 Å². The number of nitrogens with zero attached hydrogens (tertiary/aromatic N) is 3. The predicted molar refractivity (Wildman–Crippen MR) is 85.9 cm³/mol. The third kappa shape index (κ3) is 3.16. The van der Waals surface area contributed by atoms with Gasteiger partial charge in [-0.15, -0.1) is 0 Å². The lowest BCUT2D eigenvalue weighted by atomic mass is 9.79. The van der Waals surface area contributed by atoms with Gasteiger partial charge in [0.2, 0.25) is 11.2 Å². The molecule has 2 atom stereocenters. The highest BCUT2D eigenvalue weighted by Crippen LogP contribution is 2.47. The number of carboxylic acids is 2. The third-order valence-corrected chi connectivity index (χ3v) is 4.78. The van der Waals surface area contributed by atoms with Crippen LogP contribution in [0.5, 0.6) is 0 Å². The molecule has 9 nitrogen and oxygen atoms in total. The number of aliphatic carboxylic acids is 2. The molecule has 13 heteroatoms. The van der Waals surface area contributed by atoms with E-state index in [1.54, 1.807) is 0 Å². The van der Waals surface area contributed by atoms with E-state index in [0.29, 0.717) is 0 Å². The minimum Gasteiger partial charge on any atom is -0.480 e. The monoisotopic (exact) mass is 421 g/mol. The van der Waals surface area contributed by atoms with Gasteiger partial charge in [-0.25, -0.2) is 17.6 Å². The number of carboxylic acid groups (broad SMARTS) is 2. The van der Waals surface area contributed by atoms with Gasteiger partial charge in [-0.2, -0.15) is 0 Å². The Bertz CT molecular complexity index is 877. The van der Waals surface area contributed by atoms with Crippen molar-refractivity contribution in [2.45, 2.75) is 38.6 Å². The van der Waals surface area contributed by atoms with Crippen molar-refractivity contribution in [3.8, 4) is 0 Å². The molecule has 0 radical (unpaired) electrons. The van der Waals surface area contributed by atoms with Gasteiger partial charge < -0.3 is 19.7 Å². The van der Waals surface area contributed by atoms with Crippen LogP contribution >= 0.6 is 0 Å². The van der Waals surface area contributed by atoms with Gasteiger partial charge in [-0.1, -0.05) is 19.0 Å². The van der Waals surface area contributed by atoms with Crippen molar-refractivity contribution in [2.75, 3.05) is 6.61 Å². The van der Waals surface area contributed by atoms with Crippen LogP contribution in [-0.2, 0) is 24.8 Å². The van der Waals surface area contributed by atoms with Gasteiger partial charge in [-0.3, -0.25) is 9.59 Å². The predicted octanol–water partition coefficient (Wildman–Crippen LogP) is 3.73. The smallest absolute Gasteiger partial charge is 0.326 e. The van der Waals surface area contributed by atoms with Crippen LogP contribution in [0.3, 0.4) is 0 Å². The lowest BCUT2D eigenvalue weighted by Gasteiger charge is -2.47. The Morgan fingerprint density at radius 1 is 1.14 bits per heavy atom. The topological polar surface area (TPSA) is 142 Å². The Balaban J connectivity index is 2.73. The van der Waals surface area contributed by atoms with Crippen LogP contribution in [0.4, 0.5) is 23.2 Å². The van der Waals surface area contributed by atoms with Crippen molar-refractivity contribution in [3.63, 3.8) is 0 Å². The number of ether oxygens (including phenoxy) is 2. The van der Waals surface area contributed by atoms with Gasteiger partial charge in [0, 0.05) is 11.3 Å². The zero-order valence-electron chi connectivity index (χ0n) is 15.1. The van der Waals surface area contributed by atoms with Crippen LogP contribution in [0.15, 0.2) is 5.11 Å². The second-order valence-corrected chi connectivity index (χ2v) is 6.16. The molecule has 1 aromatic carbocycles. The molecule has 0 aliphatic carbocycles. The maximum atomic E-state index is 14.6. The molecule has 1 heterocycles. The first kappa shape index (κ1) is 22.4. The van der Waals surface area contributed by atoms with Gasteiger partial charge in [0.15, 0.2) is 23.3 Å². The molecule has 2 rings (SSSR count). The Morgan fingerprint density at radius 3 is 2.03 bits per heavy atom. The van der Waals surface area contributed by atoms with E-state index in [0.717, 1.165) is 0 Å². The molecular formula is C16H15F4N3O6. The molecule has 0 aromatic heterocycles. The minimum atomic E-state index is -2.61.